The molecule has 2 heteroatoms. The Morgan fingerprint density at radius 1 is 1.14 bits per heavy atom. The van der Waals surface area contributed by atoms with Gasteiger partial charge in [0.1, 0.15) is 5.75 Å². The molecule has 3 aliphatic carbocycles. The predicted molar refractivity (Wildman–Crippen MR) is 87.8 cm³/mol. The Morgan fingerprint density at radius 2 is 1.91 bits per heavy atom. The lowest BCUT2D eigenvalue weighted by Gasteiger charge is -2.55. The first-order valence-electron chi connectivity index (χ1n) is 8.91. The maximum absolute atomic E-state index is 10.6. The summed E-state index contributed by atoms with van der Waals surface area (Å²) in [6.45, 7) is 7.09. The molecule has 2 fully saturated rings. The lowest BCUT2D eigenvalue weighted by molar-refractivity contribution is -0.0574. The maximum atomic E-state index is 10.6. The zero-order chi connectivity index (χ0) is 15.6. The average Bonchev–Trinajstić information content (AvgIpc) is 2.74. The number of aliphatic hydroxyl groups excluding tert-OH is 1. The smallest absolute Gasteiger partial charge is 0.115 e. The first-order chi connectivity index (χ1) is 10.4. The summed E-state index contributed by atoms with van der Waals surface area (Å²) in [5, 5.41) is 20.4. The van der Waals surface area contributed by atoms with Gasteiger partial charge >= 0.3 is 0 Å². The lowest BCUT2D eigenvalue weighted by Crippen LogP contribution is -2.49. The number of benzene rings is 1. The van der Waals surface area contributed by atoms with Crippen LogP contribution in [0.2, 0.25) is 0 Å². The van der Waals surface area contributed by atoms with E-state index in [0.29, 0.717) is 35.3 Å². The van der Waals surface area contributed by atoms with E-state index in [4.69, 9.17) is 0 Å². The molecule has 4 rings (SSSR count). The number of hydrogen-bond donors (Lipinski definition) is 2. The van der Waals surface area contributed by atoms with E-state index in [1.807, 2.05) is 12.1 Å². The van der Waals surface area contributed by atoms with Crippen molar-refractivity contribution in [2.24, 2.45) is 29.1 Å². The zero-order valence-electron chi connectivity index (χ0n) is 13.9. The molecule has 1 aromatic rings. The van der Waals surface area contributed by atoms with Crippen LogP contribution in [0.1, 0.15) is 57.1 Å². The predicted octanol–water partition coefficient (Wildman–Crippen LogP) is 4.10. The van der Waals surface area contributed by atoms with Crippen LogP contribution in [0, 0.1) is 29.1 Å². The van der Waals surface area contributed by atoms with Crippen molar-refractivity contribution in [3.8, 4) is 5.75 Å². The summed E-state index contributed by atoms with van der Waals surface area (Å²) >= 11 is 0. The van der Waals surface area contributed by atoms with Crippen molar-refractivity contribution in [3.05, 3.63) is 29.3 Å². The highest BCUT2D eigenvalue weighted by molar-refractivity contribution is 5.41. The molecule has 0 bridgehead atoms. The fraction of sp³-hybridized carbons (Fsp3) is 0.700. The fourth-order valence-electron chi connectivity index (χ4n) is 6.46. The summed E-state index contributed by atoms with van der Waals surface area (Å²) in [6, 6.07) is 6.00. The van der Waals surface area contributed by atoms with Gasteiger partial charge in [0.05, 0.1) is 6.10 Å². The number of fused-ring (bicyclic) bond motifs is 5. The molecular weight excluding hydrogens is 272 g/mol. The standard InChI is InChI=1S/C20H28O2/c1-11-8-13-9-14(21)4-5-15(13)18-12(2)10-20(3)16(19(11)18)6-7-17(20)22/h4-5,9,11-12,16-19,21-22H,6-8,10H2,1-3H3/t11-,12+,16?,17+,18?,19?,20+/m1/s1. The minimum atomic E-state index is -0.116. The molecule has 120 valence electrons. The van der Waals surface area contributed by atoms with Crippen LogP contribution in [0.25, 0.3) is 0 Å². The third-order valence-corrected chi connectivity index (χ3v) is 7.30. The van der Waals surface area contributed by atoms with E-state index >= 15 is 0 Å². The Hall–Kier alpha value is -1.02. The van der Waals surface area contributed by atoms with Crippen LogP contribution < -0.4 is 0 Å². The van der Waals surface area contributed by atoms with Crippen LogP contribution in [0.5, 0.6) is 5.75 Å². The molecule has 1 aromatic carbocycles. The van der Waals surface area contributed by atoms with Crippen molar-refractivity contribution in [2.45, 2.75) is 58.5 Å². The van der Waals surface area contributed by atoms with Crippen LogP contribution in [0.15, 0.2) is 18.2 Å². The second kappa shape index (κ2) is 4.74. The fourth-order valence-corrected chi connectivity index (χ4v) is 6.46. The van der Waals surface area contributed by atoms with Gasteiger partial charge in [0.25, 0.3) is 0 Å². The van der Waals surface area contributed by atoms with Crippen molar-refractivity contribution >= 4 is 0 Å². The molecule has 0 heterocycles. The average molecular weight is 300 g/mol. The molecule has 0 amide bonds. The van der Waals surface area contributed by atoms with Crippen LogP contribution in [0.3, 0.4) is 0 Å². The third-order valence-electron chi connectivity index (χ3n) is 7.30. The third kappa shape index (κ3) is 1.83. The molecule has 0 spiro atoms. The topological polar surface area (TPSA) is 40.5 Å². The number of rotatable bonds is 0. The minimum Gasteiger partial charge on any atom is -0.508 e. The van der Waals surface area contributed by atoms with Gasteiger partial charge in [-0.1, -0.05) is 26.8 Å². The highest BCUT2D eigenvalue weighted by atomic mass is 16.3. The minimum absolute atomic E-state index is 0.114. The van der Waals surface area contributed by atoms with E-state index in [9.17, 15) is 10.2 Å². The van der Waals surface area contributed by atoms with E-state index in [1.165, 1.54) is 17.5 Å². The molecule has 0 radical (unpaired) electrons. The van der Waals surface area contributed by atoms with Gasteiger partial charge in [0.15, 0.2) is 0 Å². The number of aromatic hydroxyl groups is 1. The molecule has 0 aromatic heterocycles. The molecule has 22 heavy (non-hydrogen) atoms. The van der Waals surface area contributed by atoms with E-state index in [2.05, 4.69) is 26.8 Å². The molecule has 2 N–H and O–H groups in total. The Kier molecular flexibility index (Phi) is 3.14. The summed E-state index contributed by atoms with van der Waals surface area (Å²) < 4.78 is 0. The van der Waals surface area contributed by atoms with Gasteiger partial charge < -0.3 is 10.2 Å². The monoisotopic (exact) mass is 300 g/mol. The molecule has 0 saturated heterocycles. The summed E-state index contributed by atoms with van der Waals surface area (Å²) in [5.41, 5.74) is 2.93. The van der Waals surface area contributed by atoms with Crippen molar-refractivity contribution in [1.29, 1.82) is 0 Å². The quantitative estimate of drug-likeness (QED) is 0.757. The van der Waals surface area contributed by atoms with Gasteiger partial charge in [0, 0.05) is 0 Å². The highest BCUT2D eigenvalue weighted by Crippen LogP contribution is 2.63. The van der Waals surface area contributed by atoms with Crippen LogP contribution >= 0.6 is 0 Å². The number of phenolic OH excluding ortho intramolecular Hbond substituents is 1. The number of aliphatic hydroxyl groups is 1. The van der Waals surface area contributed by atoms with E-state index in [-0.39, 0.29) is 11.5 Å². The summed E-state index contributed by atoms with van der Waals surface area (Å²) in [7, 11) is 0. The SMILES string of the molecule is C[C@@H]1Cc2cc(O)ccc2C2C1C1CC[C@H](O)[C@@]1(C)C[C@@H]2C. The Labute approximate surface area is 133 Å². The van der Waals surface area contributed by atoms with Crippen molar-refractivity contribution in [2.75, 3.05) is 0 Å². The van der Waals surface area contributed by atoms with Crippen molar-refractivity contribution in [3.63, 3.8) is 0 Å². The molecule has 3 aliphatic rings. The second-order valence-electron chi connectivity index (χ2n) is 8.55. The molecule has 7 atom stereocenters. The molecular formula is C20H28O2. The second-order valence-corrected chi connectivity index (χ2v) is 8.55. The van der Waals surface area contributed by atoms with Gasteiger partial charge in [-0.2, -0.15) is 0 Å². The maximum Gasteiger partial charge on any atom is 0.115 e. The largest absolute Gasteiger partial charge is 0.508 e. The Morgan fingerprint density at radius 3 is 2.68 bits per heavy atom. The van der Waals surface area contributed by atoms with Crippen LogP contribution in [-0.2, 0) is 6.42 Å². The van der Waals surface area contributed by atoms with Gasteiger partial charge in [0.2, 0.25) is 0 Å². The first-order valence-corrected chi connectivity index (χ1v) is 8.91. The van der Waals surface area contributed by atoms with Crippen LogP contribution in [0.4, 0.5) is 0 Å². The number of hydrogen-bond acceptors (Lipinski definition) is 2. The van der Waals surface area contributed by atoms with Crippen molar-refractivity contribution < 1.29 is 10.2 Å². The van der Waals surface area contributed by atoms with Gasteiger partial charge in [-0.3, -0.25) is 0 Å². The van der Waals surface area contributed by atoms with Crippen molar-refractivity contribution in [1.82, 2.24) is 0 Å². The zero-order valence-corrected chi connectivity index (χ0v) is 13.9. The summed E-state index contributed by atoms with van der Waals surface area (Å²) in [4.78, 5) is 0. The van der Waals surface area contributed by atoms with Gasteiger partial charge in [-0.05, 0) is 83.9 Å². The Balaban J connectivity index is 1.81. The summed E-state index contributed by atoms with van der Waals surface area (Å²) in [6.07, 6.45) is 4.25. The van der Waals surface area contributed by atoms with E-state index in [1.54, 1.807) is 0 Å². The lowest BCUT2D eigenvalue weighted by atomic mass is 9.50. The molecule has 2 saturated carbocycles. The van der Waals surface area contributed by atoms with Crippen LogP contribution in [-0.4, -0.2) is 16.3 Å². The Bertz CT molecular complexity index is 595. The van der Waals surface area contributed by atoms with E-state index in [0.717, 1.165) is 19.3 Å². The molecule has 0 aliphatic heterocycles. The molecule has 2 nitrogen and oxygen atoms in total. The van der Waals surface area contributed by atoms with Gasteiger partial charge in [-0.25, -0.2) is 0 Å². The normalized spacial score (nSPS) is 46.7. The highest BCUT2D eigenvalue weighted by Gasteiger charge is 2.58. The van der Waals surface area contributed by atoms with Gasteiger partial charge in [-0.15, -0.1) is 0 Å². The first kappa shape index (κ1) is 14.6. The van der Waals surface area contributed by atoms with E-state index < -0.39 is 0 Å². The summed E-state index contributed by atoms with van der Waals surface area (Å²) in [5.74, 6) is 3.57. The number of phenols is 1. The molecule has 3 unspecified atom stereocenters.